The molecule has 0 aliphatic heterocycles. The number of ether oxygens (including phenoxy) is 4. The van der Waals surface area contributed by atoms with Crippen molar-refractivity contribution in [2.24, 2.45) is 0 Å². The molecule has 0 radical (unpaired) electrons. The van der Waals surface area contributed by atoms with Gasteiger partial charge in [-0.05, 0) is 66.7 Å². The molecule has 0 aliphatic rings. The van der Waals surface area contributed by atoms with Crippen molar-refractivity contribution in [1.29, 1.82) is 0 Å². The molecule has 1 atom stereocenters. The van der Waals surface area contributed by atoms with Gasteiger partial charge in [-0.15, -0.1) is 12.8 Å². The SMILES string of the molecule is C#Cc1cccc(Oc2c(F)c(F)c(-c3c(F)c(F)c(Oc4ccc(Oc5c(F)c(F)c(-c6c(F)c(F)c(Oc7cccc(C#C)c7)c(F)c6F)c(F)c5F)c5cc(S(=O)O)ccc45)c(F)c3F)c(F)c2F)c1. The van der Waals surface area contributed by atoms with E-state index in [1.165, 1.54) is 24.3 Å². The maximum atomic E-state index is 15.8. The lowest BCUT2D eigenvalue weighted by molar-refractivity contribution is 0.359. The molecule has 1 unspecified atom stereocenters. The lowest BCUT2D eigenvalue weighted by Gasteiger charge is -2.18. The van der Waals surface area contributed by atoms with Crippen LogP contribution in [0, 0.1) is 118 Å². The third kappa shape index (κ3) is 8.71. The number of hydrogen-bond donors (Lipinski definition) is 1. The van der Waals surface area contributed by atoms with Gasteiger partial charge in [0.05, 0.1) is 27.1 Å². The predicted octanol–water partition coefficient (Wildman–Crippen LogP) is 15.1. The summed E-state index contributed by atoms with van der Waals surface area (Å²) >= 11 is -2.97. The van der Waals surface area contributed by atoms with Crippen LogP contribution < -0.4 is 18.9 Å². The summed E-state index contributed by atoms with van der Waals surface area (Å²) in [5, 5.41) is -1.42. The molecule has 73 heavy (non-hydrogen) atoms. The van der Waals surface area contributed by atoms with Crippen LogP contribution in [-0.4, -0.2) is 8.76 Å². The molecule has 0 spiro atoms. The van der Waals surface area contributed by atoms with Crippen molar-refractivity contribution in [2.45, 2.75) is 4.90 Å². The van der Waals surface area contributed by atoms with Gasteiger partial charge in [-0.25, -0.2) is 39.3 Å². The van der Waals surface area contributed by atoms with E-state index >= 15 is 70.2 Å². The molecule has 0 aliphatic carbocycles. The molecule has 370 valence electrons. The van der Waals surface area contributed by atoms with Crippen LogP contribution in [0.1, 0.15) is 11.1 Å². The lowest BCUT2D eigenvalue weighted by atomic mass is 10.0. The van der Waals surface area contributed by atoms with Crippen LogP contribution in [0.25, 0.3) is 33.0 Å². The molecular formula is C50H16F16O6S. The van der Waals surface area contributed by atoms with Crippen molar-refractivity contribution in [2.75, 3.05) is 0 Å². The highest BCUT2D eigenvalue weighted by Crippen LogP contribution is 2.48. The van der Waals surface area contributed by atoms with E-state index < -0.39 is 188 Å². The molecule has 1 N–H and O–H groups in total. The molecule has 0 aromatic heterocycles. The molecule has 0 saturated carbocycles. The van der Waals surface area contributed by atoms with Crippen LogP contribution in [-0.2, 0) is 11.1 Å². The van der Waals surface area contributed by atoms with Crippen molar-refractivity contribution in [3.8, 4) is 92.9 Å². The van der Waals surface area contributed by atoms with E-state index in [-0.39, 0.29) is 11.1 Å². The monoisotopic (exact) mass is 1050 g/mol. The second-order valence-electron chi connectivity index (χ2n) is 14.6. The Hall–Kier alpha value is -8.67. The van der Waals surface area contributed by atoms with Crippen molar-refractivity contribution in [3.05, 3.63) is 183 Å². The Morgan fingerprint density at radius 1 is 0.370 bits per heavy atom. The minimum atomic E-state index is -2.97. The third-order valence-electron chi connectivity index (χ3n) is 10.4. The molecule has 8 aromatic rings. The summed E-state index contributed by atoms with van der Waals surface area (Å²) in [6, 6.07) is 12.3. The van der Waals surface area contributed by atoms with Crippen molar-refractivity contribution in [3.63, 3.8) is 0 Å². The van der Waals surface area contributed by atoms with E-state index in [1.807, 2.05) is 0 Å². The van der Waals surface area contributed by atoms with Gasteiger partial charge in [0, 0.05) is 21.9 Å². The Kier molecular flexibility index (Phi) is 13.5. The molecule has 8 rings (SSSR count). The second-order valence-corrected chi connectivity index (χ2v) is 15.6. The average molecular weight is 1050 g/mol. The number of hydrogen-bond acceptors (Lipinski definition) is 5. The molecule has 23 heteroatoms. The van der Waals surface area contributed by atoms with Crippen molar-refractivity contribution < 1.29 is 98.0 Å². The molecule has 0 heterocycles. The molecular weight excluding hydrogens is 1030 g/mol. The highest BCUT2D eigenvalue weighted by atomic mass is 32.2. The zero-order valence-electron chi connectivity index (χ0n) is 35.1. The van der Waals surface area contributed by atoms with Gasteiger partial charge in [0.2, 0.25) is 69.5 Å². The first-order valence-electron chi connectivity index (χ1n) is 19.6. The van der Waals surface area contributed by atoms with Crippen LogP contribution in [0.3, 0.4) is 0 Å². The van der Waals surface area contributed by atoms with Gasteiger partial charge in [0.25, 0.3) is 0 Å². The Bertz CT molecular complexity index is 3680. The standard InChI is InChI=1S/C50H16F16O6S/c1-3-18-7-5-9-20(15-18)69-47-39(59)31(51)27(32(52)40(47)60)29-35(55)43(63)49(44(64)36(29)56)71-25-13-14-26(24-17-22(73(67)68)11-12-23(24)25)72-50-45(65)37(57)30(38(58)46(50)66)28-33(53)41(61)48(42(62)34(28)54)70-21-10-6-8-19(4-2)16-21/h1-2,5-17H,(H,67,68). The quantitative estimate of drug-likeness (QED) is 0.0602. The van der Waals surface area contributed by atoms with Gasteiger partial charge in [0.15, 0.2) is 57.6 Å². The fourth-order valence-electron chi connectivity index (χ4n) is 7.00. The molecule has 0 amide bonds. The van der Waals surface area contributed by atoms with E-state index in [0.29, 0.717) is 18.2 Å². The van der Waals surface area contributed by atoms with Crippen molar-refractivity contribution >= 4 is 21.9 Å². The summed E-state index contributed by atoms with van der Waals surface area (Å²) in [4.78, 5) is -0.630. The third-order valence-corrected chi connectivity index (χ3v) is 11.0. The summed E-state index contributed by atoms with van der Waals surface area (Å²) in [5.41, 5.74) is -9.20. The first kappa shape index (κ1) is 50.7. The Morgan fingerprint density at radius 3 is 0.973 bits per heavy atom. The zero-order valence-corrected chi connectivity index (χ0v) is 35.9. The van der Waals surface area contributed by atoms with E-state index in [0.717, 1.165) is 36.4 Å². The van der Waals surface area contributed by atoms with Gasteiger partial charge in [-0.3, -0.25) is 0 Å². The molecule has 0 fully saturated rings. The van der Waals surface area contributed by atoms with Gasteiger partial charge in [-0.1, -0.05) is 24.0 Å². The second kappa shape index (κ2) is 19.5. The smallest absolute Gasteiger partial charge is 0.205 e. The van der Waals surface area contributed by atoms with E-state index in [9.17, 15) is 8.76 Å². The lowest BCUT2D eigenvalue weighted by Crippen LogP contribution is -2.09. The van der Waals surface area contributed by atoms with Gasteiger partial charge in [-0.2, -0.15) is 35.1 Å². The Morgan fingerprint density at radius 2 is 0.671 bits per heavy atom. The van der Waals surface area contributed by atoms with Crippen LogP contribution >= 0.6 is 0 Å². The highest BCUT2D eigenvalue weighted by Gasteiger charge is 2.38. The molecule has 8 aromatic carbocycles. The van der Waals surface area contributed by atoms with Crippen LogP contribution in [0.4, 0.5) is 70.2 Å². The minimum absolute atomic E-state index is 0.0616. The average Bonchev–Trinajstić information content (AvgIpc) is 3.38. The van der Waals surface area contributed by atoms with E-state index in [2.05, 4.69) is 11.8 Å². The Balaban J connectivity index is 1.18. The summed E-state index contributed by atoms with van der Waals surface area (Å²) in [6.45, 7) is 0. The summed E-state index contributed by atoms with van der Waals surface area (Å²) < 4.78 is 290. The molecule has 6 nitrogen and oxygen atoms in total. The maximum Gasteiger partial charge on any atom is 0.205 e. The first-order chi connectivity index (χ1) is 34.6. The first-order valence-corrected chi connectivity index (χ1v) is 20.7. The number of fused-ring (bicyclic) bond motifs is 1. The van der Waals surface area contributed by atoms with Crippen molar-refractivity contribution in [1.82, 2.24) is 0 Å². The largest absolute Gasteiger partial charge is 0.451 e. The van der Waals surface area contributed by atoms with Crippen LogP contribution in [0.15, 0.2) is 83.8 Å². The summed E-state index contributed by atoms with van der Waals surface area (Å²) in [6.07, 6.45) is 10.5. The summed E-state index contributed by atoms with van der Waals surface area (Å²) in [5.74, 6) is -48.2. The number of benzene rings is 8. The topological polar surface area (TPSA) is 74.2 Å². The van der Waals surface area contributed by atoms with Crippen LogP contribution in [0.5, 0.6) is 46.0 Å². The van der Waals surface area contributed by atoms with Gasteiger partial charge < -0.3 is 23.5 Å². The number of halogens is 16. The van der Waals surface area contributed by atoms with Gasteiger partial charge in [0.1, 0.15) is 23.0 Å². The molecule has 0 saturated heterocycles. The number of rotatable bonds is 11. The zero-order chi connectivity index (χ0) is 53.1. The van der Waals surface area contributed by atoms with Gasteiger partial charge >= 0.3 is 0 Å². The fraction of sp³-hybridized carbons (Fsp3) is 0. The maximum absolute atomic E-state index is 15.8. The number of terminal acetylenes is 2. The normalized spacial score (nSPS) is 11.6. The van der Waals surface area contributed by atoms with E-state index in [1.54, 1.807) is 0 Å². The predicted molar refractivity (Wildman–Crippen MR) is 225 cm³/mol. The Labute approximate surface area is 399 Å². The molecule has 0 bridgehead atoms. The minimum Gasteiger partial charge on any atom is -0.451 e. The summed E-state index contributed by atoms with van der Waals surface area (Å²) in [7, 11) is 0. The van der Waals surface area contributed by atoms with Crippen LogP contribution in [0.2, 0.25) is 0 Å². The highest BCUT2D eigenvalue weighted by molar-refractivity contribution is 7.79. The van der Waals surface area contributed by atoms with E-state index in [4.69, 9.17) is 31.8 Å². The fourth-order valence-corrected chi connectivity index (χ4v) is 7.40.